The highest BCUT2D eigenvalue weighted by Gasteiger charge is 2.11. The molecule has 0 aliphatic heterocycles. The third-order valence-electron chi connectivity index (χ3n) is 6.60. The largest absolute Gasteiger partial charge is 0.494 e. The summed E-state index contributed by atoms with van der Waals surface area (Å²) in [7, 11) is 0. The molecule has 35 heavy (non-hydrogen) atoms. The molecule has 3 heteroatoms. The van der Waals surface area contributed by atoms with E-state index in [4.69, 9.17) is 9.47 Å². The Morgan fingerprint density at radius 1 is 0.657 bits per heavy atom. The monoisotopic (exact) mass is 480 g/mol. The third kappa shape index (κ3) is 12.3. The Morgan fingerprint density at radius 2 is 1.14 bits per heavy atom. The number of hydrogen-bond donors (Lipinski definition) is 0. The third-order valence-corrected chi connectivity index (χ3v) is 6.60. The molecule has 2 aromatic rings. The second-order valence-corrected chi connectivity index (χ2v) is 9.77. The summed E-state index contributed by atoms with van der Waals surface area (Å²) in [5.41, 5.74) is 3.32. The Labute approximate surface area is 214 Å². The summed E-state index contributed by atoms with van der Waals surface area (Å²) in [6.45, 7) is 6.97. The van der Waals surface area contributed by atoms with Gasteiger partial charge in [0.2, 0.25) is 0 Å². The van der Waals surface area contributed by atoms with Crippen LogP contribution in [-0.2, 0) is 9.53 Å². The molecule has 0 fully saturated rings. The van der Waals surface area contributed by atoms with Crippen molar-refractivity contribution in [3.05, 3.63) is 54.1 Å². The molecule has 0 aliphatic carbocycles. The number of ether oxygens (including phenoxy) is 2. The predicted molar refractivity (Wildman–Crippen MR) is 148 cm³/mol. The second-order valence-electron chi connectivity index (χ2n) is 9.77. The molecule has 2 aromatic carbocycles. The van der Waals surface area contributed by atoms with Crippen molar-refractivity contribution in [3.8, 4) is 16.9 Å². The van der Waals surface area contributed by atoms with Crippen LogP contribution >= 0.6 is 0 Å². The van der Waals surface area contributed by atoms with E-state index in [9.17, 15) is 4.79 Å². The van der Waals surface area contributed by atoms with Gasteiger partial charge in [-0.1, -0.05) is 121 Å². The normalized spacial score (nSPS) is 11.9. The predicted octanol–water partition coefficient (Wildman–Crippen LogP) is 9.84. The van der Waals surface area contributed by atoms with Crippen molar-refractivity contribution in [2.24, 2.45) is 0 Å². The first kappa shape index (κ1) is 28.9. The van der Waals surface area contributed by atoms with Gasteiger partial charge in [0.05, 0.1) is 6.61 Å². The lowest BCUT2D eigenvalue weighted by molar-refractivity contribution is -0.148. The van der Waals surface area contributed by atoms with Gasteiger partial charge in [-0.05, 0) is 48.6 Å². The summed E-state index contributed by atoms with van der Waals surface area (Å²) in [6.07, 6.45) is 17.3. The van der Waals surface area contributed by atoms with Crippen molar-refractivity contribution in [2.75, 3.05) is 6.61 Å². The van der Waals surface area contributed by atoms with Crippen molar-refractivity contribution in [1.82, 2.24) is 0 Å². The van der Waals surface area contributed by atoms with Gasteiger partial charge in [0.1, 0.15) is 11.9 Å². The maximum Gasteiger partial charge on any atom is 0.306 e. The fourth-order valence-corrected chi connectivity index (χ4v) is 4.35. The molecule has 0 saturated heterocycles. The molecule has 1 atom stereocenters. The molecule has 0 saturated carbocycles. The highest BCUT2D eigenvalue weighted by molar-refractivity contribution is 5.69. The van der Waals surface area contributed by atoms with Crippen LogP contribution in [0, 0.1) is 0 Å². The fourth-order valence-electron chi connectivity index (χ4n) is 4.35. The van der Waals surface area contributed by atoms with Gasteiger partial charge in [0, 0.05) is 6.42 Å². The van der Waals surface area contributed by atoms with Gasteiger partial charge in [0.25, 0.3) is 0 Å². The van der Waals surface area contributed by atoms with E-state index in [-0.39, 0.29) is 12.1 Å². The minimum absolute atomic E-state index is 0.136. The van der Waals surface area contributed by atoms with E-state index >= 15 is 0 Å². The van der Waals surface area contributed by atoms with E-state index in [0.717, 1.165) is 41.9 Å². The van der Waals surface area contributed by atoms with Gasteiger partial charge >= 0.3 is 5.97 Å². The van der Waals surface area contributed by atoms with Crippen molar-refractivity contribution in [2.45, 2.75) is 117 Å². The second kappa shape index (κ2) is 18.0. The molecule has 0 heterocycles. The molecular weight excluding hydrogens is 432 g/mol. The summed E-state index contributed by atoms with van der Waals surface area (Å²) in [5, 5.41) is 0. The minimum Gasteiger partial charge on any atom is -0.494 e. The van der Waals surface area contributed by atoms with E-state index in [2.05, 4.69) is 43.3 Å². The van der Waals surface area contributed by atoms with Crippen LogP contribution in [0.2, 0.25) is 0 Å². The van der Waals surface area contributed by atoms with E-state index < -0.39 is 0 Å². The van der Waals surface area contributed by atoms with Gasteiger partial charge in [0.15, 0.2) is 0 Å². The first-order valence-corrected chi connectivity index (χ1v) is 14.2. The Bertz CT molecular complexity index is 795. The summed E-state index contributed by atoms with van der Waals surface area (Å²) < 4.78 is 11.4. The number of rotatable bonds is 19. The smallest absolute Gasteiger partial charge is 0.306 e. The zero-order chi connectivity index (χ0) is 25.1. The van der Waals surface area contributed by atoms with Gasteiger partial charge in [-0.15, -0.1) is 0 Å². The van der Waals surface area contributed by atoms with Crippen molar-refractivity contribution < 1.29 is 14.3 Å². The molecule has 0 spiro atoms. The van der Waals surface area contributed by atoms with Crippen molar-refractivity contribution in [3.63, 3.8) is 0 Å². The minimum atomic E-state index is -0.223. The maximum absolute atomic E-state index is 11.7. The SMILES string of the molecule is CCCCCCCCCCCCCCOc1ccc(-c2ccc(C(C)OC(=O)CCC)cc2)cc1. The first-order valence-electron chi connectivity index (χ1n) is 14.2. The van der Waals surface area contributed by atoms with Crippen LogP contribution in [0.3, 0.4) is 0 Å². The Morgan fingerprint density at radius 3 is 1.66 bits per heavy atom. The Balaban J connectivity index is 1.59. The van der Waals surface area contributed by atoms with Crippen LogP contribution < -0.4 is 4.74 Å². The molecule has 1 unspecified atom stereocenters. The van der Waals surface area contributed by atoms with Gasteiger partial charge in [-0.3, -0.25) is 4.79 Å². The van der Waals surface area contributed by atoms with Crippen LogP contribution in [0.4, 0.5) is 0 Å². The fraction of sp³-hybridized carbons (Fsp3) is 0.594. The summed E-state index contributed by atoms with van der Waals surface area (Å²) in [6, 6.07) is 16.6. The molecule has 0 bridgehead atoms. The maximum atomic E-state index is 11.7. The van der Waals surface area contributed by atoms with Gasteiger partial charge in [-0.25, -0.2) is 0 Å². The average Bonchev–Trinajstić information content (AvgIpc) is 2.87. The number of benzene rings is 2. The Hall–Kier alpha value is -2.29. The molecule has 0 aromatic heterocycles. The van der Waals surface area contributed by atoms with Crippen LogP contribution in [-0.4, -0.2) is 12.6 Å². The molecule has 0 amide bonds. The highest BCUT2D eigenvalue weighted by atomic mass is 16.5. The zero-order valence-electron chi connectivity index (χ0n) is 22.5. The van der Waals surface area contributed by atoms with Crippen molar-refractivity contribution in [1.29, 1.82) is 0 Å². The van der Waals surface area contributed by atoms with Crippen LogP contribution in [0.1, 0.15) is 122 Å². The molecule has 0 radical (unpaired) electrons. The number of carbonyl (C=O) groups excluding carboxylic acids is 1. The van der Waals surface area contributed by atoms with E-state index in [0.29, 0.717) is 6.42 Å². The van der Waals surface area contributed by atoms with Gasteiger partial charge in [-0.2, -0.15) is 0 Å². The number of carbonyl (C=O) groups is 1. The molecule has 3 nitrogen and oxygen atoms in total. The lowest BCUT2D eigenvalue weighted by atomic mass is 10.0. The van der Waals surface area contributed by atoms with Crippen molar-refractivity contribution >= 4 is 5.97 Å². The lowest BCUT2D eigenvalue weighted by Gasteiger charge is -2.14. The average molecular weight is 481 g/mol. The topological polar surface area (TPSA) is 35.5 Å². The van der Waals surface area contributed by atoms with E-state index in [1.54, 1.807) is 0 Å². The summed E-state index contributed by atoms with van der Waals surface area (Å²) in [5.74, 6) is 0.799. The van der Waals surface area contributed by atoms with Crippen LogP contribution in [0.5, 0.6) is 5.75 Å². The molecule has 194 valence electrons. The standard InChI is InChI=1S/C32H48O3/c1-4-6-7-8-9-10-11-12-13-14-15-16-26-34-31-24-22-30(23-25-31)29-20-18-28(19-21-29)27(3)35-32(33)17-5-2/h18-25,27H,4-17,26H2,1-3H3. The highest BCUT2D eigenvalue weighted by Crippen LogP contribution is 2.26. The summed E-state index contributed by atoms with van der Waals surface area (Å²) >= 11 is 0. The number of hydrogen-bond acceptors (Lipinski definition) is 3. The molecule has 0 aliphatic rings. The lowest BCUT2D eigenvalue weighted by Crippen LogP contribution is -2.08. The van der Waals surface area contributed by atoms with Crippen LogP contribution in [0.25, 0.3) is 11.1 Å². The number of unbranched alkanes of at least 4 members (excludes halogenated alkanes) is 11. The van der Waals surface area contributed by atoms with Crippen LogP contribution in [0.15, 0.2) is 48.5 Å². The first-order chi connectivity index (χ1) is 17.1. The quantitative estimate of drug-likeness (QED) is 0.148. The molecule has 2 rings (SSSR count). The summed E-state index contributed by atoms with van der Waals surface area (Å²) in [4.78, 5) is 11.7. The molecule has 0 N–H and O–H groups in total. The Kier molecular flexibility index (Phi) is 14.9. The molecular formula is C32H48O3. The van der Waals surface area contributed by atoms with E-state index in [1.807, 2.05) is 26.0 Å². The zero-order valence-corrected chi connectivity index (χ0v) is 22.5. The van der Waals surface area contributed by atoms with E-state index in [1.165, 1.54) is 70.6 Å². The van der Waals surface area contributed by atoms with Gasteiger partial charge < -0.3 is 9.47 Å². The number of esters is 1.